The Morgan fingerprint density at radius 3 is 2.52 bits per heavy atom. The number of nitrogens with zero attached hydrogens (tertiary/aromatic N) is 2. The molecule has 0 radical (unpaired) electrons. The van der Waals surface area contributed by atoms with E-state index in [2.05, 4.69) is 37.8 Å². The van der Waals surface area contributed by atoms with E-state index in [9.17, 15) is 21.6 Å². The number of nitrogens with one attached hydrogen (secondary N) is 1. The van der Waals surface area contributed by atoms with Crippen LogP contribution in [0.5, 0.6) is 0 Å². The van der Waals surface area contributed by atoms with Gasteiger partial charge in [-0.3, -0.25) is 4.98 Å². The van der Waals surface area contributed by atoms with E-state index in [4.69, 9.17) is 0 Å². The molecule has 2 heterocycles. The molecule has 29 heavy (non-hydrogen) atoms. The number of benzene rings is 1. The summed E-state index contributed by atoms with van der Waals surface area (Å²) in [5.74, 6) is -0.484. The van der Waals surface area contributed by atoms with Gasteiger partial charge in [-0.1, -0.05) is 41.4 Å². The van der Waals surface area contributed by atoms with Gasteiger partial charge in [0.2, 0.25) is 0 Å². The minimum absolute atomic E-state index is 0.0316. The third-order valence-corrected chi connectivity index (χ3v) is 6.37. The SMILES string of the molecule is CCCc1cc(-c2ncc(-c3ccc(CS(=O)(=O)C(F)(F)F)c(Br)c3)[nH]2)ccn1. The largest absolute Gasteiger partial charge is 0.497 e. The number of aryl methyl sites for hydroxylation is 1. The van der Waals surface area contributed by atoms with Crippen LogP contribution in [0.15, 0.2) is 47.2 Å². The van der Waals surface area contributed by atoms with E-state index >= 15 is 0 Å². The standard InChI is InChI=1S/C19H17BrF3N3O2S/c1-2-3-15-8-13(6-7-24-15)18-25-10-17(26-18)12-4-5-14(16(20)9-12)11-29(27,28)19(21,22)23/h4-10H,2-3,11H2,1H3,(H,25,26). The molecule has 3 aromatic rings. The average Bonchev–Trinajstić information content (AvgIpc) is 3.13. The second-order valence-electron chi connectivity index (χ2n) is 6.44. The van der Waals surface area contributed by atoms with Crippen LogP contribution >= 0.6 is 15.9 Å². The summed E-state index contributed by atoms with van der Waals surface area (Å²) in [6.45, 7) is 2.07. The van der Waals surface area contributed by atoms with Gasteiger partial charge in [-0.15, -0.1) is 0 Å². The number of pyridine rings is 1. The summed E-state index contributed by atoms with van der Waals surface area (Å²) in [6, 6.07) is 8.26. The maximum atomic E-state index is 12.6. The molecule has 0 unspecified atom stereocenters. The van der Waals surface area contributed by atoms with Crippen LogP contribution in [-0.4, -0.2) is 28.9 Å². The van der Waals surface area contributed by atoms with Crippen LogP contribution in [0.1, 0.15) is 24.6 Å². The molecule has 0 saturated carbocycles. The van der Waals surface area contributed by atoms with Crippen molar-refractivity contribution in [2.45, 2.75) is 31.0 Å². The zero-order valence-corrected chi connectivity index (χ0v) is 17.7. The first-order chi connectivity index (χ1) is 13.6. The van der Waals surface area contributed by atoms with E-state index < -0.39 is 21.1 Å². The maximum absolute atomic E-state index is 12.6. The monoisotopic (exact) mass is 487 g/mol. The molecule has 0 aliphatic heterocycles. The summed E-state index contributed by atoms with van der Waals surface area (Å²) >= 11 is 3.17. The van der Waals surface area contributed by atoms with Gasteiger partial charge >= 0.3 is 5.51 Å². The van der Waals surface area contributed by atoms with E-state index in [1.54, 1.807) is 24.5 Å². The molecule has 0 aliphatic carbocycles. The average molecular weight is 488 g/mol. The van der Waals surface area contributed by atoms with E-state index in [-0.39, 0.29) is 10.0 Å². The lowest BCUT2D eigenvalue weighted by molar-refractivity contribution is -0.0437. The highest BCUT2D eigenvalue weighted by Gasteiger charge is 2.45. The highest BCUT2D eigenvalue weighted by molar-refractivity contribution is 9.10. The van der Waals surface area contributed by atoms with Gasteiger partial charge in [-0.25, -0.2) is 13.4 Å². The van der Waals surface area contributed by atoms with Crippen LogP contribution in [0.3, 0.4) is 0 Å². The van der Waals surface area contributed by atoms with Crippen molar-refractivity contribution < 1.29 is 21.6 Å². The smallest absolute Gasteiger partial charge is 0.338 e. The highest BCUT2D eigenvalue weighted by Crippen LogP contribution is 2.32. The van der Waals surface area contributed by atoms with Gasteiger partial charge in [0.25, 0.3) is 9.84 Å². The first-order valence-electron chi connectivity index (χ1n) is 8.69. The van der Waals surface area contributed by atoms with Crippen LogP contribution < -0.4 is 0 Å². The molecule has 0 fully saturated rings. The van der Waals surface area contributed by atoms with E-state index in [1.165, 1.54) is 6.07 Å². The van der Waals surface area contributed by atoms with Crippen molar-refractivity contribution in [1.29, 1.82) is 0 Å². The van der Waals surface area contributed by atoms with Crippen LogP contribution in [0.4, 0.5) is 13.2 Å². The summed E-state index contributed by atoms with van der Waals surface area (Å²) in [5.41, 5.74) is -2.11. The summed E-state index contributed by atoms with van der Waals surface area (Å²) < 4.78 is 60.9. The number of aromatic amines is 1. The third-order valence-electron chi connectivity index (χ3n) is 4.23. The van der Waals surface area contributed by atoms with E-state index in [0.29, 0.717) is 17.1 Å². The number of imidazole rings is 1. The fourth-order valence-electron chi connectivity index (χ4n) is 2.75. The van der Waals surface area contributed by atoms with Gasteiger partial charge in [0, 0.05) is 27.5 Å². The minimum Gasteiger partial charge on any atom is -0.338 e. The topological polar surface area (TPSA) is 75.7 Å². The van der Waals surface area contributed by atoms with Gasteiger partial charge < -0.3 is 4.98 Å². The number of H-pyrrole nitrogens is 1. The Balaban J connectivity index is 1.86. The Bertz CT molecular complexity index is 1130. The molecule has 154 valence electrons. The fraction of sp³-hybridized carbons (Fsp3) is 0.263. The summed E-state index contributed by atoms with van der Waals surface area (Å²) in [7, 11) is -5.25. The van der Waals surface area contributed by atoms with E-state index in [0.717, 1.165) is 24.1 Å². The minimum atomic E-state index is -5.29. The third kappa shape index (κ3) is 4.87. The molecule has 0 bridgehead atoms. The molecule has 2 aromatic heterocycles. The molecule has 10 heteroatoms. The van der Waals surface area contributed by atoms with Crippen molar-refractivity contribution in [2.24, 2.45) is 0 Å². The van der Waals surface area contributed by atoms with E-state index in [1.807, 2.05) is 12.1 Å². The maximum Gasteiger partial charge on any atom is 0.497 e. The lowest BCUT2D eigenvalue weighted by Crippen LogP contribution is -2.24. The lowest BCUT2D eigenvalue weighted by atomic mass is 10.1. The Morgan fingerprint density at radius 2 is 1.86 bits per heavy atom. The lowest BCUT2D eigenvalue weighted by Gasteiger charge is -2.10. The Morgan fingerprint density at radius 1 is 1.10 bits per heavy atom. The fourth-order valence-corrected chi connectivity index (χ4v) is 4.28. The second kappa shape index (κ2) is 8.27. The number of hydrogen-bond donors (Lipinski definition) is 1. The van der Waals surface area contributed by atoms with Gasteiger partial charge in [0.1, 0.15) is 5.82 Å². The highest BCUT2D eigenvalue weighted by atomic mass is 79.9. The van der Waals surface area contributed by atoms with Crippen LogP contribution in [0.25, 0.3) is 22.6 Å². The number of rotatable bonds is 6. The van der Waals surface area contributed by atoms with Gasteiger partial charge in [0.15, 0.2) is 0 Å². The molecule has 0 spiro atoms. The van der Waals surface area contributed by atoms with Crippen molar-refractivity contribution in [1.82, 2.24) is 15.0 Å². The number of halogens is 4. The first kappa shape index (κ1) is 21.5. The molecule has 3 rings (SSSR count). The Labute approximate surface area is 174 Å². The molecule has 0 aliphatic rings. The molecule has 0 saturated heterocycles. The first-order valence-corrected chi connectivity index (χ1v) is 11.1. The summed E-state index contributed by atoms with van der Waals surface area (Å²) in [4.78, 5) is 11.9. The predicted octanol–water partition coefficient (Wildman–Crippen LogP) is 5.29. The van der Waals surface area contributed by atoms with Crippen molar-refractivity contribution >= 4 is 25.8 Å². The number of alkyl halides is 3. The number of aromatic nitrogens is 3. The summed E-state index contributed by atoms with van der Waals surface area (Å²) in [5, 5.41) is 0. The predicted molar refractivity (Wildman–Crippen MR) is 108 cm³/mol. The second-order valence-corrected chi connectivity index (χ2v) is 9.28. The number of sulfone groups is 1. The quantitative estimate of drug-likeness (QED) is 0.512. The van der Waals surface area contributed by atoms with Crippen molar-refractivity contribution in [3.05, 3.63) is 58.5 Å². The van der Waals surface area contributed by atoms with Crippen molar-refractivity contribution in [3.8, 4) is 22.6 Å². The van der Waals surface area contributed by atoms with Crippen molar-refractivity contribution in [2.75, 3.05) is 0 Å². The Kier molecular flexibility index (Phi) is 6.13. The van der Waals surface area contributed by atoms with Crippen LogP contribution in [-0.2, 0) is 22.0 Å². The summed E-state index contributed by atoms with van der Waals surface area (Å²) in [6.07, 6.45) is 5.17. The van der Waals surface area contributed by atoms with Gasteiger partial charge in [-0.05, 0) is 30.2 Å². The van der Waals surface area contributed by atoms with Crippen molar-refractivity contribution in [3.63, 3.8) is 0 Å². The molecule has 1 aromatic carbocycles. The molecule has 0 atom stereocenters. The van der Waals surface area contributed by atoms with Crippen LogP contribution in [0, 0.1) is 0 Å². The molecule has 0 amide bonds. The van der Waals surface area contributed by atoms with Crippen LogP contribution in [0.2, 0.25) is 0 Å². The molecular formula is C19H17BrF3N3O2S. The van der Waals surface area contributed by atoms with Gasteiger partial charge in [0.05, 0.1) is 17.6 Å². The normalized spacial score (nSPS) is 12.3. The molecule has 1 N–H and O–H groups in total. The molecular weight excluding hydrogens is 471 g/mol. The number of hydrogen-bond acceptors (Lipinski definition) is 4. The Hall–Kier alpha value is -2.20. The molecule has 5 nitrogen and oxygen atoms in total. The zero-order chi connectivity index (χ0) is 21.2. The van der Waals surface area contributed by atoms with Gasteiger partial charge in [-0.2, -0.15) is 13.2 Å². The zero-order valence-electron chi connectivity index (χ0n) is 15.3.